The molecule has 0 saturated heterocycles. The van der Waals surface area contributed by atoms with Crippen molar-refractivity contribution in [3.63, 3.8) is 0 Å². The Balaban J connectivity index is 1.87. The van der Waals surface area contributed by atoms with E-state index in [4.69, 9.17) is 4.74 Å². The first-order chi connectivity index (χ1) is 19.1. The Morgan fingerprint density at radius 1 is 1.05 bits per heavy atom. The molecule has 8 nitrogen and oxygen atoms in total. The van der Waals surface area contributed by atoms with Crippen LogP contribution in [0.1, 0.15) is 43.3 Å². The number of sulfone groups is 1. The molecular weight excluding hydrogens is 533 g/mol. The predicted molar refractivity (Wildman–Crippen MR) is 150 cm³/mol. The standard InChI is InChI=1S/C30H32FN3O5S/c1-19(2)10-15-26-33-29(35)27(30(36)34(26)25(18-39-4)22-8-6-5-7-9-22)40(37,38)23-13-11-21(12-14-23)24-16-17-32-28(31)20(24)3/h5-9,11-14,16-17,19,25,36H,10,15,18H2,1-4H3/t25-/m0/s1. The number of hydrogen-bond acceptors (Lipinski definition) is 7. The fourth-order valence-corrected chi connectivity index (χ4v) is 5.96. The van der Waals surface area contributed by atoms with Crippen molar-refractivity contribution in [1.82, 2.24) is 14.5 Å². The number of hydrogen-bond donors (Lipinski definition) is 1. The molecule has 4 rings (SSSR count). The topological polar surface area (TPSA) is 111 Å². The van der Waals surface area contributed by atoms with Gasteiger partial charge in [-0.05, 0) is 54.2 Å². The molecule has 2 aromatic heterocycles. The second-order valence-corrected chi connectivity index (χ2v) is 11.9. The summed E-state index contributed by atoms with van der Waals surface area (Å²) in [6, 6.07) is 15.9. The molecule has 0 spiro atoms. The van der Waals surface area contributed by atoms with E-state index >= 15 is 0 Å². The molecule has 0 aliphatic heterocycles. The molecule has 2 heterocycles. The monoisotopic (exact) mass is 565 g/mol. The van der Waals surface area contributed by atoms with Gasteiger partial charge < -0.3 is 9.84 Å². The molecule has 0 saturated carbocycles. The van der Waals surface area contributed by atoms with Gasteiger partial charge in [-0.25, -0.2) is 13.4 Å². The van der Waals surface area contributed by atoms with Crippen LogP contribution in [-0.2, 0) is 21.0 Å². The van der Waals surface area contributed by atoms with Crippen molar-refractivity contribution < 1.29 is 22.7 Å². The van der Waals surface area contributed by atoms with Crippen molar-refractivity contribution in [2.75, 3.05) is 13.7 Å². The molecule has 0 fully saturated rings. The summed E-state index contributed by atoms with van der Waals surface area (Å²) in [5, 5.41) is 11.5. The Morgan fingerprint density at radius 3 is 2.35 bits per heavy atom. The first-order valence-corrected chi connectivity index (χ1v) is 14.4. The maximum atomic E-state index is 14.0. The number of pyridine rings is 1. The van der Waals surface area contributed by atoms with Gasteiger partial charge in [-0.3, -0.25) is 9.36 Å². The van der Waals surface area contributed by atoms with Crippen LogP contribution < -0.4 is 5.56 Å². The third-order valence-corrected chi connectivity index (χ3v) is 8.57. The van der Waals surface area contributed by atoms with Crippen molar-refractivity contribution in [1.29, 1.82) is 0 Å². The lowest BCUT2D eigenvalue weighted by Gasteiger charge is -2.26. The molecule has 210 valence electrons. The largest absolute Gasteiger partial charge is 0.493 e. The summed E-state index contributed by atoms with van der Waals surface area (Å²) in [5.41, 5.74) is 1.18. The van der Waals surface area contributed by atoms with E-state index < -0.39 is 38.2 Å². The van der Waals surface area contributed by atoms with Gasteiger partial charge in [-0.1, -0.05) is 56.3 Å². The normalized spacial score (nSPS) is 12.6. The first-order valence-electron chi connectivity index (χ1n) is 12.9. The fourth-order valence-electron chi connectivity index (χ4n) is 4.61. The average molecular weight is 566 g/mol. The van der Waals surface area contributed by atoms with E-state index in [1.54, 1.807) is 13.0 Å². The van der Waals surface area contributed by atoms with Crippen LogP contribution in [0.4, 0.5) is 4.39 Å². The van der Waals surface area contributed by atoms with E-state index in [0.29, 0.717) is 29.5 Å². The maximum absolute atomic E-state index is 14.0. The van der Waals surface area contributed by atoms with E-state index in [9.17, 15) is 22.7 Å². The van der Waals surface area contributed by atoms with Crippen molar-refractivity contribution in [3.8, 4) is 17.0 Å². The molecule has 0 unspecified atom stereocenters. The van der Waals surface area contributed by atoms with Crippen LogP contribution in [0.15, 0.2) is 81.4 Å². The molecule has 40 heavy (non-hydrogen) atoms. The second-order valence-electron chi connectivity index (χ2n) is 9.97. The van der Waals surface area contributed by atoms with Crippen LogP contribution in [0.2, 0.25) is 0 Å². The first kappa shape index (κ1) is 29.1. The van der Waals surface area contributed by atoms with Crippen LogP contribution in [0.3, 0.4) is 0 Å². The van der Waals surface area contributed by atoms with Crippen molar-refractivity contribution >= 4 is 9.84 Å². The van der Waals surface area contributed by atoms with Crippen LogP contribution >= 0.6 is 0 Å². The Kier molecular flexibility index (Phi) is 8.80. The average Bonchev–Trinajstić information content (AvgIpc) is 2.93. The zero-order chi connectivity index (χ0) is 29.0. The molecule has 10 heteroatoms. The van der Waals surface area contributed by atoms with Gasteiger partial charge in [0.25, 0.3) is 5.56 Å². The van der Waals surface area contributed by atoms with Crippen LogP contribution in [-0.4, -0.2) is 41.8 Å². The summed E-state index contributed by atoms with van der Waals surface area (Å²) >= 11 is 0. The highest BCUT2D eigenvalue weighted by atomic mass is 32.2. The predicted octanol–water partition coefficient (Wildman–Crippen LogP) is 5.12. The molecule has 0 bridgehead atoms. The van der Waals surface area contributed by atoms with Crippen molar-refractivity contribution in [2.24, 2.45) is 5.92 Å². The third-order valence-electron chi connectivity index (χ3n) is 6.79. The van der Waals surface area contributed by atoms with E-state index in [2.05, 4.69) is 9.97 Å². The molecule has 0 radical (unpaired) electrons. The summed E-state index contributed by atoms with van der Waals surface area (Å²) in [6.07, 6.45) is 2.35. The number of aromatic nitrogens is 3. The molecule has 0 aliphatic carbocycles. The van der Waals surface area contributed by atoms with Crippen molar-refractivity contribution in [3.05, 3.63) is 100 Å². The van der Waals surface area contributed by atoms with E-state index in [-0.39, 0.29) is 23.2 Å². The fraction of sp³-hybridized carbons (Fsp3) is 0.300. The highest BCUT2D eigenvalue weighted by Gasteiger charge is 2.32. The van der Waals surface area contributed by atoms with Gasteiger partial charge in [0.2, 0.25) is 21.7 Å². The number of aryl methyl sites for hydroxylation is 1. The van der Waals surface area contributed by atoms with Gasteiger partial charge in [-0.15, -0.1) is 0 Å². The number of methoxy groups -OCH3 is 1. The van der Waals surface area contributed by atoms with E-state index in [1.807, 2.05) is 44.2 Å². The number of nitrogens with zero attached hydrogens (tertiary/aromatic N) is 3. The SMILES string of the molecule is COC[C@@H](c1ccccc1)n1c(CCC(C)C)nc(=O)c(S(=O)(=O)c2ccc(-c3ccnc(F)c3C)cc2)c1O. The smallest absolute Gasteiger partial charge is 0.296 e. The highest BCUT2D eigenvalue weighted by molar-refractivity contribution is 7.91. The zero-order valence-electron chi connectivity index (χ0n) is 22.8. The van der Waals surface area contributed by atoms with E-state index in [0.717, 1.165) is 5.56 Å². The molecular formula is C30H32FN3O5S. The summed E-state index contributed by atoms with van der Waals surface area (Å²) in [4.78, 5) is 20.0. The maximum Gasteiger partial charge on any atom is 0.296 e. The molecule has 4 aromatic rings. The third kappa shape index (κ3) is 5.83. The Hall–Kier alpha value is -3.89. The summed E-state index contributed by atoms with van der Waals surface area (Å²) in [7, 11) is -2.99. The molecule has 1 N–H and O–H groups in total. The minimum Gasteiger partial charge on any atom is -0.493 e. The lowest BCUT2D eigenvalue weighted by molar-refractivity contribution is 0.161. The number of rotatable bonds is 10. The minimum atomic E-state index is -4.49. The molecule has 0 aliphatic rings. The Morgan fingerprint density at radius 2 is 1.73 bits per heavy atom. The van der Waals surface area contributed by atoms with E-state index in [1.165, 1.54) is 42.1 Å². The van der Waals surface area contributed by atoms with Crippen LogP contribution in [0, 0.1) is 18.8 Å². The zero-order valence-corrected chi connectivity index (χ0v) is 23.7. The number of benzene rings is 2. The van der Waals surface area contributed by atoms with Crippen LogP contribution in [0.25, 0.3) is 11.1 Å². The summed E-state index contributed by atoms with van der Waals surface area (Å²) in [6.45, 7) is 5.73. The van der Waals surface area contributed by atoms with Gasteiger partial charge in [-0.2, -0.15) is 9.37 Å². The Labute approximate surface area is 233 Å². The lowest BCUT2D eigenvalue weighted by Crippen LogP contribution is -2.29. The molecule has 1 atom stereocenters. The number of aromatic hydroxyl groups is 1. The number of halogens is 1. The van der Waals surface area contributed by atoms with Gasteiger partial charge in [0.1, 0.15) is 5.82 Å². The van der Waals surface area contributed by atoms with Crippen molar-refractivity contribution in [2.45, 2.75) is 49.4 Å². The summed E-state index contributed by atoms with van der Waals surface area (Å²) in [5.74, 6) is -0.760. The number of ether oxygens (including phenoxy) is 1. The van der Waals surface area contributed by atoms with Gasteiger partial charge in [0, 0.05) is 25.3 Å². The van der Waals surface area contributed by atoms with Gasteiger partial charge >= 0.3 is 0 Å². The van der Waals surface area contributed by atoms with Crippen LogP contribution in [0.5, 0.6) is 5.88 Å². The summed E-state index contributed by atoms with van der Waals surface area (Å²) < 4.78 is 48.4. The Bertz CT molecular complexity index is 1650. The quantitative estimate of drug-likeness (QED) is 0.266. The molecule has 0 amide bonds. The van der Waals surface area contributed by atoms with Gasteiger partial charge in [0.15, 0.2) is 4.90 Å². The highest BCUT2D eigenvalue weighted by Crippen LogP contribution is 2.33. The van der Waals surface area contributed by atoms with Gasteiger partial charge in [0.05, 0.1) is 17.5 Å². The second kappa shape index (κ2) is 12.1. The minimum absolute atomic E-state index is 0.104. The molecule has 2 aromatic carbocycles. The lowest BCUT2D eigenvalue weighted by atomic mass is 10.0.